The van der Waals surface area contributed by atoms with Crippen molar-refractivity contribution < 1.29 is 23.0 Å². The first-order valence-corrected chi connectivity index (χ1v) is 9.58. The molecule has 4 aliphatic rings. The highest BCUT2D eigenvalue weighted by atomic mass is 19.3. The molecule has 4 fully saturated rings. The fraction of sp³-hybridized carbons (Fsp3) is 0.571. The van der Waals surface area contributed by atoms with E-state index in [-0.39, 0.29) is 22.9 Å². The molecule has 146 valence electrons. The fourth-order valence-electron chi connectivity index (χ4n) is 5.72. The predicted molar refractivity (Wildman–Crippen MR) is 97.7 cm³/mol. The summed E-state index contributed by atoms with van der Waals surface area (Å²) in [6.45, 7) is -2.91. The van der Waals surface area contributed by atoms with Crippen LogP contribution in [0.1, 0.15) is 44.1 Å². The third-order valence-corrected chi connectivity index (χ3v) is 6.26. The van der Waals surface area contributed by atoms with Crippen molar-refractivity contribution >= 4 is 12.0 Å². The molecule has 1 amide bonds. The summed E-state index contributed by atoms with van der Waals surface area (Å²) in [7, 11) is 1.39. The molecule has 0 spiro atoms. The number of ether oxygens (including phenoxy) is 2. The SMILES string of the molecule is COc1cc(/C=C/C(=O)NC23CC4CC(CC(C4)C2)C3)ccc1OC(F)F. The molecule has 0 heterocycles. The number of methoxy groups -OCH3 is 1. The Morgan fingerprint density at radius 3 is 2.33 bits per heavy atom. The Labute approximate surface area is 157 Å². The Morgan fingerprint density at radius 2 is 1.78 bits per heavy atom. The van der Waals surface area contributed by atoms with Gasteiger partial charge in [-0.15, -0.1) is 0 Å². The largest absolute Gasteiger partial charge is 0.493 e. The summed E-state index contributed by atoms with van der Waals surface area (Å²) in [5.74, 6) is 2.40. The van der Waals surface area contributed by atoms with Crippen molar-refractivity contribution in [3.63, 3.8) is 0 Å². The minimum Gasteiger partial charge on any atom is -0.493 e. The third-order valence-electron chi connectivity index (χ3n) is 6.26. The maximum atomic E-state index is 12.5. The van der Waals surface area contributed by atoms with Crippen LogP contribution in [0.25, 0.3) is 6.08 Å². The van der Waals surface area contributed by atoms with Gasteiger partial charge in [0.1, 0.15) is 0 Å². The molecule has 5 rings (SSSR count). The molecule has 0 aromatic heterocycles. The Morgan fingerprint density at radius 1 is 1.15 bits per heavy atom. The third kappa shape index (κ3) is 3.94. The van der Waals surface area contributed by atoms with Crippen molar-refractivity contribution in [1.82, 2.24) is 5.32 Å². The molecule has 4 aliphatic carbocycles. The first kappa shape index (κ1) is 18.3. The summed E-state index contributed by atoms with van der Waals surface area (Å²) in [6.07, 6.45) is 10.5. The van der Waals surface area contributed by atoms with E-state index >= 15 is 0 Å². The van der Waals surface area contributed by atoms with Gasteiger partial charge in [0.05, 0.1) is 7.11 Å². The van der Waals surface area contributed by atoms with Gasteiger partial charge in [-0.2, -0.15) is 8.78 Å². The van der Waals surface area contributed by atoms with Gasteiger partial charge in [0.2, 0.25) is 5.91 Å². The molecule has 6 heteroatoms. The predicted octanol–water partition coefficient (Wildman–Crippen LogP) is 4.39. The van der Waals surface area contributed by atoms with Gasteiger partial charge in [0.25, 0.3) is 0 Å². The molecule has 4 nitrogen and oxygen atoms in total. The van der Waals surface area contributed by atoms with Gasteiger partial charge in [-0.3, -0.25) is 4.79 Å². The first-order valence-electron chi connectivity index (χ1n) is 9.58. The van der Waals surface area contributed by atoms with Gasteiger partial charge in [-0.25, -0.2) is 0 Å². The molecule has 1 aromatic carbocycles. The van der Waals surface area contributed by atoms with Crippen LogP contribution in [-0.2, 0) is 4.79 Å². The lowest BCUT2D eigenvalue weighted by atomic mass is 9.53. The molecular formula is C21H25F2NO3. The maximum Gasteiger partial charge on any atom is 0.387 e. The summed E-state index contributed by atoms with van der Waals surface area (Å²) < 4.78 is 34.3. The second kappa shape index (κ2) is 7.13. The van der Waals surface area contributed by atoms with Crippen LogP contribution < -0.4 is 14.8 Å². The number of benzene rings is 1. The number of amides is 1. The zero-order valence-corrected chi connectivity index (χ0v) is 15.4. The van der Waals surface area contributed by atoms with Crippen LogP contribution in [0, 0.1) is 17.8 Å². The molecule has 0 radical (unpaired) electrons. The number of alkyl halides is 2. The number of halogens is 2. The molecule has 0 unspecified atom stereocenters. The van der Waals surface area contributed by atoms with E-state index in [0.29, 0.717) is 5.56 Å². The van der Waals surface area contributed by atoms with E-state index in [1.165, 1.54) is 38.5 Å². The summed E-state index contributed by atoms with van der Waals surface area (Å²) in [4.78, 5) is 12.5. The molecule has 1 aromatic rings. The second-order valence-corrected chi connectivity index (χ2v) is 8.31. The lowest BCUT2D eigenvalue weighted by molar-refractivity contribution is -0.122. The molecule has 0 aliphatic heterocycles. The van der Waals surface area contributed by atoms with Gasteiger partial charge >= 0.3 is 6.61 Å². The topological polar surface area (TPSA) is 47.6 Å². The minimum absolute atomic E-state index is 0.0250. The Balaban J connectivity index is 1.41. The first-order chi connectivity index (χ1) is 12.9. The van der Waals surface area contributed by atoms with Gasteiger partial charge in [-0.05, 0) is 80.1 Å². The van der Waals surface area contributed by atoms with Crippen molar-refractivity contribution in [2.24, 2.45) is 17.8 Å². The number of hydrogen-bond donors (Lipinski definition) is 1. The van der Waals surface area contributed by atoms with Crippen LogP contribution in [0.3, 0.4) is 0 Å². The van der Waals surface area contributed by atoms with Crippen LogP contribution >= 0.6 is 0 Å². The summed E-state index contributed by atoms with van der Waals surface area (Å²) in [5.41, 5.74) is 0.664. The van der Waals surface area contributed by atoms with E-state index in [0.717, 1.165) is 37.0 Å². The van der Waals surface area contributed by atoms with E-state index in [1.807, 2.05) is 0 Å². The highest BCUT2D eigenvalue weighted by molar-refractivity contribution is 5.92. The Hall–Kier alpha value is -2.11. The van der Waals surface area contributed by atoms with Crippen LogP contribution in [0.2, 0.25) is 0 Å². The van der Waals surface area contributed by atoms with Gasteiger partial charge < -0.3 is 14.8 Å². The summed E-state index contributed by atoms with van der Waals surface area (Å²) in [6, 6.07) is 4.61. The molecule has 27 heavy (non-hydrogen) atoms. The lowest BCUT2D eigenvalue weighted by Gasteiger charge is -2.56. The average molecular weight is 377 g/mol. The fourth-order valence-corrected chi connectivity index (χ4v) is 5.72. The van der Waals surface area contributed by atoms with E-state index in [2.05, 4.69) is 10.1 Å². The number of carbonyl (C=O) groups is 1. The molecule has 0 atom stereocenters. The number of rotatable bonds is 6. The monoisotopic (exact) mass is 377 g/mol. The normalized spacial score (nSPS) is 31.5. The minimum atomic E-state index is -2.91. The van der Waals surface area contributed by atoms with E-state index < -0.39 is 6.61 Å². The zero-order chi connectivity index (χ0) is 19.0. The van der Waals surface area contributed by atoms with Crippen molar-refractivity contribution in [2.45, 2.75) is 50.7 Å². The summed E-state index contributed by atoms with van der Waals surface area (Å²) >= 11 is 0. The van der Waals surface area contributed by atoms with E-state index in [4.69, 9.17) is 4.74 Å². The highest BCUT2D eigenvalue weighted by Gasteiger charge is 2.51. The Kier molecular flexibility index (Phi) is 4.82. The zero-order valence-electron chi connectivity index (χ0n) is 15.4. The van der Waals surface area contributed by atoms with Crippen LogP contribution in [0.5, 0.6) is 11.5 Å². The standard InChI is InChI=1S/C21H25F2NO3/c1-26-18-9-13(2-4-17(18)27-20(22)23)3-5-19(25)24-21-10-14-6-15(11-21)8-16(7-14)12-21/h2-5,9,14-16,20H,6-8,10-12H2,1H3,(H,24,25)/b5-3+. The smallest absolute Gasteiger partial charge is 0.387 e. The van der Waals surface area contributed by atoms with Crippen molar-refractivity contribution in [1.29, 1.82) is 0 Å². The molecular weight excluding hydrogens is 352 g/mol. The lowest BCUT2D eigenvalue weighted by Crippen LogP contribution is -2.59. The highest BCUT2D eigenvalue weighted by Crippen LogP contribution is 2.55. The number of hydrogen-bond acceptors (Lipinski definition) is 3. The Bertz CT molecular complexity index is 712. The maximum absolute atomic E-state index is 12.5. The van der Waals surface area contributed by atoms with Crippen molar-refractivity contribution in [3.05, 3.63) is 29.8 Å². The van der Waals surface area contributed by atoms with Gasteiger partial charge in [-0.1, -0.05) is 6.07 Å². The average Bonchev–Trinajstić information content (AvgIpc) is 2.58. The van der Waals surface area contributed by atoms with Crippen LogP contribution in [0.15, 0.2) is 24.3 Å². The summed E-state index contributed by atoms with van der Waals surface area (Å²) in [5, 5.41) is 3.28. The molecule has 0 saturated heterocycles. The quantitative estimate of drug-likeness (QED) is 0.748. The molecule has 4 saturated carbocycles. The van der Waals surface area contributed by atoms with E-state index in [9.17, 15) is 13.6 Å². The van der Waals surface area contributed by atoms with Crippen molar-refractivity contribution in [2.75, 3.05) is 7.11 Å². The number of nitrogens with one attached hydrogen (secondary N) is 1. The van der Waals surface area contributed by atoms with E-state index in [1.54, 1.807) is 18.2 Å². The molecule has 1 N–H and O–H groups in total. The van der Waals surface area contributed by atoms with Crippen LogP contribution in [0.4, 0.5) is 8.78 Å². The molecule has 4 bridgehead atoms. The van der Waals surface area contributed by atoms with Crippen molar-refractivity contribution in [3.8, 4) is 11.5 Å². The van der Waals surface area contributed by atoms with Gasteiger partial charge in [0, 0.05) is 11.6 Å². The van der Waals surface area contributed by atoms with Crippen LogP contribution in [-0.4, -0.2) is 25.2 Å². The second-order valence-electron chi connectivity index (χ2n) is 8.31. The number of carbonyl (C=O) groups excluding carboxylic acids is 1. The van der Waals surface area contributed by atoms with Gasteiger partial charge in [0.15, 0.2) is 11.5 Å².